The number of hydrogen-bond donors (Lipinski definition) is 1. The van der Waals surface area contributed by atoms with E-state index in [-0.39, 0.29) is 30.0 Å². The highest BCUT2D eigenvalue weighted by atomic mass is 35.5. The summed E-state index contributed by atoms with van der Waals surface area (Å²) >= 11 is 0. The third kappa shape index (κ3) is 3.85. The zero-order valence-corrected chi connectivity index (χ0v) is 15.3. The molecule has 0 spiro atoms. The number of carbonyl (C=O) groups is 1. The van der Waals surface area contributed by atoms with Gasteiger partial charge in [-0.15, -0.1) is 12.4 Å². The van der Waals surface area contributed by atoms with Gasteiger partial charge in [0.15, 0.2) is 0 Å². The van der Waals surface area contributed by atoms with Gasteiger partial charge in [0.25, 0.3) is 5.91 Å². The molecular weight excluding hydrogens is 343 g/mol. The van der Waals surface area contributed by atoms with E-state index >= 15 is 0 Å². The van der Waals surface area contributed by atoms with Crippen LogP contribution in [-0.4, -0.2) is 40.2 Å². The summed E-state index contributed by atoms with van der Waals surface area (Å²) in [6.07, 6.45) is 2.57. The fraction of sp³-hybridized carbons (Fsp3) is 0.444. The maximum atomic E-state index is 13.2. The van der Waals surface area contributed by atoms with Gasteiger partial charge in [-0.2, -0.15) is 5.10 Å². The van der Waals surface area contributed by atoms with E-state index in [1.165, 1.54) is 12.1 Å². The third-order valence-corrected chi connectivity index (χ3v) is 4.56. The summed E-state index contributed by atoms with van der Waals surface area (Å²) in [5.41, 5.74) is 7.94. The van der Waals surface area contributed by atoms with Gasteiger partial charge in [-0.05, 0) is 49.1 Å². The van der Waals surface area contributed by atoms with Gasteiger partial charge >= 0.3 is 0 Å². The fourth-order valence-corrected chi connectivity index (χ4v) is 3.25. The van der Waals surface area contributed by atoms with E-state index in [1.54, 1.807) is 23.0 Å². The molecular formula is C18H24ClFN4O. The number of aromatic nitrogens is 2. The Hall–Kier alpha value is -1.92. The second-order valence-electron chi connectivity index (χ2n) is 6.63. The minimum absolute atomic E-state index is 0. The van der Waals surface area contributed by atoms with Gasteiger partial charge < -0.3 is 10.6 Å². The number of halogens is 2. The average molecular weight is 367 g/mol. The first-order valence-electron chi connectivity index (χ1n) is 8.34. The molecule has 1 fully saturated rings. The maximum Gasteiger partial charge on any atom is 0.257 e. The first-order valence-corrected chi connectivity index (χ1v) is 8.34. The van der Waals surface area contributed by atoms with Crippen LogP contribution in [0.4, 0.5) is 4.39 Å². The number of hydrogen-bond acceptors (Lipinski definition) is 3. The highest BCUT2D eigenvalue weighted by Crippen LogP contribution is 2.26. The summed E-state index contributed by atoms with van der Waals surface area (Å²) in [5.74, 6) is 0.203. The van der Waals surface area contributed by atoms with Gasteiger partial charge in [-0.1, -0.05) is 13.8 Å². The average Bonchev–Trinajstić information content (AvgIpc) is 3.22. The molecule has 0 bridgehead atoms. The van der Waals surface area contributed by atoms with Gasteiger partial charge in [-0.3, -0.25) is 4.79 Å². The minimum atomic E-state index is -0.293. The Labute approximate surface area is 153 Å². The van der Waals surface area contributed by atoms with Crippen LogP contribution in [0.1, 0.15) is 42.2 Å². The molecule has 3 rings (SSSR count). The molecule has 1 aromatic carbocycles. The van der Waals surface area contributed by atoms with Gasteiger partial charge in [0.1, 0.15) is 5.82 Å². The van der Waals surface area contributed by atoms with E-state index in [4.69, 9.17) is 5.73 Å². The Morgan fingerprint density at radius 2 is 2.04 bits per heavy atom. The molecule has 0 saturated carbocycles. The van der Waals surface area contributed by atoms with Crippen molar-refractivity contribution in [1.82, 2.24) is 14.7 Å². The fourth-order valence-electron chi connectivity index (χ4n) is 3.25. The maximum absolute atomic E-state index is 13.2. The lowest BCUT2D eigenvalue weighted by Gasteiger charge is -2.18. The number of benzene rings is 1. The summed E-state index contributed by atoms with van der Waals surface area (Å²) in [5, 5.41) is 4.39. The predicted octanol–water partition coefficient (Wildman–Crippen LogP) is 2.98. The predicted molar refractivity (Wildman–Crippen MR) is 97.9 cm³/mol. The smallest absolute Gasteiger partial charge is 0.257 e. The van der Waals surface area contributed by atoms with Crippen LogP contribution in [0.3, 0.4) is 0 Å². The summed E-state index contributed by atoms with van der Waals surface area (Å²) in [6.45, 7) is 6.10. The topological polar surface area (TPSA) is 64.2 Å². The number of amides is 1. The van der Waals surface area contributed by atoms with Crippen LogP contribution in [0, 0.1) is 11.7 Å². The summed E-state index contributed by atoms with van der Waals surface area (Å²) in [7, 11) is 0. The van der Waals surface area contributed by atoms with Crippen molar-refractivity contribution in [1.29, 1.82) is 0 Å². The van der Waals surface area contributed by atoms with Crippen LogP contribution < -0.4 is 5.73 Å². The molecule has 1 unspecified atom stereocenters. The lowest BCUT2D eigenvalue weighted by atomic mass is 10.0. The molecule has 1 aromatic heterocycles. The second-order valence-corrected chi connectivity index (χ2v) is 6.63. The van der Waals surface area contributed by atoms with Crippen molar-refractivity contribution >= 4 is 18.3 Å². The standard InChI is InChI=1S/C18H23FN4O.ClH/c1-12(2)17-16(18(24)22-8-7-13(9-20)11-22)10-21-23(17)15-5-3-14(19)4-6-15;/h3-6,10,12-13H,7-9,11,20H2,1-2H3;1H. The molecule has 1 atom stereocenters. The largest absolute Gasteiger partial charge is 0.338 e. The highest BCUT2D eigenvalue weighted by Gasteiger charge is 2.29. The van der Waals surface area contributed by atoms with E-state index < -0.39 is 0 Å². The van der Waals surface area contributed by atoms with Crippen LogP contribution in [0.2, 0.25) is 0 Å². The number of nitrogens with zero attached hydrogens (tertiary/aromatic N) is 3. The Morgan fingerprint density at radius 3 is 2.60 bits per heavy atom. The molecule has 7 heteroatoms. The molecule has 2 N–H and O–H groups in total. The first kappa shape index (κ1) is 19.4. The van der Waals surface area contributed by atoms with Crippen LogP contribution in [0.15, 0.2) is 30.5 Å². The van der Waals surface area contributed by atoms with Crippen molar-refractivity contribution in [2.24, 2.45) is 11.7 Å². The van der Waals surface area contributed by atoms with E-state index in [2.05, 4.69) is 5.10 Å². The zero-order chi connectivity index (χ0) is 17.3. The summed E-state index contributed by atoms with van der Waals surface area (Å²) < 4.78 is 14.9. The van der Waals surface area contributed by atoms with Crippen molar-refractivity contribution in [2.45, 2.75) is 26.2 Å². The second kappa shape index (κ2) is 7.97. The number of rotatable bonds is 4. The van der Waals surface area contributed by atoms with Crippen molar-refractivity contribution in [3.8, 4) is 5.69 Å². The van der Waals surface area contributed by atoms with Crippen molar-refractivity contribution in [3.63, 3.8) is 0 Å². The molecule has 0 radical (unpaired) electrons. The molecule has 136 valence electrons. The molecule has 5 nitrogen and oxygen atoms in total. The molecule has 25 heavy (non-hydrogen) atoms. The Morgan fingerprint density at radius 1 is 1.36 bits per heavy atom. The SMILES string of the molecule is CC(C)c1c(C(=O)N2CCC(CN)C2)cnn1-c1ccc(F)cc1.Cl. The van der Waals surface area contributed by atoms with E-state index in [0.29, 0.717) is 24.6 Å². The molecule has 1 saturated heterocycles. The number of likely N-dealkylation sites (tertiary alicyclic amines) is 1. The van der Waals surface area contributed by atoms with Crippen LogP contribution in [0.25, 0.3) is 5.69 Å². The van der Waals surface area contributed by atoms with Crippen molar-refractivity contribution < 1.29 is 9.18 Å². The van der Waals surface area contributed by atoms with Crippen molar-refractivity contribution in [2.75, 3.05) is 19.6 Å². The molecule has 0 aliphatic carbocycles. The Kier molecular flexibility index (Phi) is 6.19. The molecule has 1 aliphatic rings. The molecule has 1 amide bonds. The minimum Gasteiger partial charge on any atom is -0.338 e. The Balaban J connectivity index is 0.00000225. The van der Waals surface area contributed by atoms with Gasteiger partial charge in [-0.25, -0.2) is 9.07 Å². The van der Waals surface area contributed by atoms with Gasteiger partial charge in [0, 0.05) is 13.1 Å². The van der Waals surface area contributed by atoms with Crippen LogP contribution >= 0.6 is 12.4 Å². The third-order valence-electron chi connectivity index (χ3n) is 4.56. The normalized spacial score (nSPS) is 17.0. The molecule has 1 aliphatic heterocycles. The van der Waals surface area contributed by atoms with Gasteiger partial charge in [0.2, 0.25) is 0 Å². The summed E-state index contributed by atoms with van der Waals surface area (Å²) in [4.78, 5) is 14.8. The zero-order valence-electron chi connectivity index (χ0n) is 14.5. The highest BCUT2D eigenvalue weighted by molar-refractivity contribution is 5.95. The number of carbonyl (C=O) groups excluding carboxylic acids is 1. The van der Waals surface area contributed by atoms with Crippen molar-refractivity contribution in [3.05, 3.63) is 47.5 Å². The molecule has 2 heterocycles. The first-order chi connectivity index (χ1) is 11.5. The summed E-state index contributed by atoms with van der Waals surface area (Å²) in [6, 6.07) is 6.13. The molecule has 2 aromatic rings. The van der Waals surface area contributed by atoms with Crippen LogP contribution in [0.5, 0.6) is 0 Å². The van der Waals surface area contributed by atoms with E-state index in [0.717, 1.165) is 24.3 Å². The van der Waals surface area contributed by atoms with E-state index in [1.807, 2.05) is 18.7 Å². The monoisotopic (exact) mass is 366 g/mol. The van der Waals surface area contributed by atoms with E-state index in [9.17, 15) is 9.18 Å². The van der Waals surface area contributed by atoms with Gasteiger partial charge in [0.05, 0.1) is 23.1 Å². The quantitative estimate of drug-likeness (QED) is 0.904. The Bertz CT molecular complexity index is 729. The lowest BCUT2D eigenvalue weighted by Crippen LogP contribution is -2.30. The lowest BCUT2D eigenvalue weighted by molar-refractivity contribution is 0.0786. The van der Waals surface area contributed by atoms with Crippen LogP contribution in [-0.2, 0) is 0 Å². The number of nitrogens with two attached hydrogens (primary N) is 1.